The van der Waals surface area contributed by atoms with Gasteiger partial charge in [0.05, 0.1) is 22.9 Å². The van der Waals surface area contributed by atoms with Gasteiger partial charge in [0.15, 0.2) is 5.82 Å². The number of benzene rings is 1. The number of amides is 1. The number of anilines is 2. The normalized spacial score (nSPS) is 13.9. The van der Waals surface area contributed by atoms with Gasteiger partial charge in [0.25, 0.3) is 5.91 Å². The number of pyridine rings is 1. The summed E-state index contributed by atoms with van der Waals surface area (Å²) in [6, 6.07) is 5.95. The molecular weight excluding hydrogens is 433 g/mol. The third kappa shape index (κ3) is 4.87. The summed E-state index contributed by atoms with van der Waals surface area (Å²) in [6.45, 7) is 1.71. The van der Waals surface area contributed by atoms with Crippen LogP contribution in [0, 0.1) is 5.82 Å². The van der Waals surface area contributed by atoms with E-state index in [-0.39, 0.29) is 23.8 Å². The number of fused-ring (bicyclic) bond motifs is 1. The van der Waals surface area contributed by atoms with Crippen molar-refractivity contribution in [2.45, 2.75) is 38.7 Å². The van der Waals surface area contributed by atoms with Crippen molar-refractivity contribution in [2.24, 2.45) is 0 Å². The smallest absolute Gasteiger partial charge is 0.255 e. The molecule has 7 nitrogen and oxygen atoms in total. The molecule has 0 radical (unpaired) electrons. The second-order valence-corrected chi connectivity index (χ2v) is 8.19. The first kappa shape index (κ1) is 22.1. The summed E-state index contributed by atoms with van der Waals surface area (Å²) >= 11 is 6.08. The number of halogens is 2. The Kier molecular flexibility index (Phi) is 6.62. The van der Waals surface area contributed by atoms with Crippen LogP contribution in [0.1, 0.15) is 41.4 Å². The molecule has 1 aromatic carbocycles. The van der Waals surface area contributed by atoms with Crippen LogP contribution in [0.15, 0.2) is 36.7 Å². The second kappa shape index (κ2) is 9.58. The molecule has 3 N–H and O–H groups in total. The zero-order chi connectivity index (χ0) is 22.7. The summed E-state index contributed by atoms with van der Waals surface area (Å²) in [6.07, 6.45) is 5.88. The van der Waals surface area contributed by atoms with E-state index in [2.05, 4.69) is 25.6 Å². The molecule has 3 aromatic rings. The zero-order valence-corrected chi connectivity index (χ0v) is 18.3. The number of nitrogens with zero attached hydrogens (tertiary/aromatic N) is 3. The van der Waals surface area contributed by atoms with Crippen LogP contribution in [0.2, 0.25) is 5.02 Å². The number of carbonyl (C=O) groups is 1. The van der Waals surface area contributed by atoms with Gasteiger partial charge in [-0.25, -0.2) is 14.4 Å². The van der Waals surface area contributed by atoms with E-state index in [0.717, 1.165) is 36.9 Å². The molecule has 0 bridgehead atoms. The van der Waals surface area contributed by atoms with E-state index in [0.29, 0.717) is 22.1 Å². The Morgan fingerprint density at radius 1 is 1.25 bits per heavy atom. The molecule has 9 heteroatoms. The molecule has 0 spiro atoms. The SMILES string of the molecule is C[C@H](O)CNC(=O)c1cnccc1Nc1nc(-c2cc(Cl)ccc2F)nc2c1CCCC2. The number of hydrogen-bond acceptors (Lipinski definition) is 6. The van der Waals surface area contributed by atoms with Crippen LogP contribution in [0.25, 0.3) is 11.4 Å². The van der Waals surface area contributed by atoms with Crippen LogP contribution in [0.5, 0.6) is 0 Å². The molecule has 1 aliphatic carbocycles. The van der Waals surface area contributed by atoms with E-state index in [9.17, 15) is 14.3 Å². The van der Waals surface area contributed by atoms with E-state index in [4.69, 9.17) is 11.6 Å². The van der Waals surface area contributed by atoms with Gasteiger partial charge in [-0.15, -0.1) is 0 Å². The quantitative estimate of drug-likeness (QED) is 0.518. The van der Waals surface area contributed by atoms with Crippen molar-refractivity contribution >= 4 is 29.0 Å². The Balaban J connectivity index is 1.75. The summed E-state index contributed by atoms with van der Waals surface area (Å²) in [5.74, 6) is -0.0640. The Morgan fingerprint density at radius 3 is 2.88 bits per heavy atom. The third-order valence-electron chi connectivity index (χ3n) is 5.23. The minimum absolute atomic E-state index is 0.119. The first-order valence-corrected chi connectivity index (χ1v) is 10.8. The molecule has 0 saturated heterocycles. The van der Waals surface area contributed by atoms with E-state index in [1.807, 2.05) is 0 Å². The largest absolute Gasteiger partial charge is 0.392 e. The Bertz CT molecular complexity index is 1160. The maximum absolute atomic E-state index is 14.5. The summed E-state index contributed by atoms with van der Waals surface area (Å²) in [5.41, 5.74) is 2.85. The molecule has 166 valence electrons. The van der Waals surface area contributed by atoms with E-state index >= 15 is 0 Å². The van der Waals surface area contributed by atoms with Crippen LogP contribution in [-0.4, -0.2) is 38.6 Å². The minimum Gasteiger partial charge on any atom is -0.392 e. The summed E-state index contributed by atoms with van der Waals surface area (Å²) in [7, 11) is 0. The van der Waals surface area contributed by atoms with Gasteiger partial charge in [-0.3, -0.25) is 9.78 Å². The monoisotopic (exact) mass is 455 g/mol. The highest BCUT2D eigenvalue weighted by atomic mass is 35.5. The number of hydrogen-bond donors (Lipinski definition) is 3. The average Bonchev–Trinajstić information content (AvgIpc) is 2.79. The van der Waals surface area contributed by atoms with Crippen molar-refractivity contribution in [1.29, 1.82) is 0 Å². The Morgan fingerprint density at radius 2 is 2.06 bits per heavy atom. The fourth-order valence-corrected chi connectivity index (χ4v) is 3.81. The molecule has 1 atom stereocenters. The van der Waals surface area contributed by atoms with E-state index in [1.165, 1.54) is 24.4 Å². The molecule has 0 saturated carbocycles. The average molecular weight is 456 g/mol. The molecule has 2 aromatic heterocycles. The van der Waals surface area contributed by atoms with Crippen molar-refractivity contribution in [3.05, 3.63) is 64.3 Å². The van der Waals surface area contributed by atoms with Gasteiger partial charge >= 0.3 is 0 Å². The number of aromatic nitrogens is 3. The van der Waals surface area contributed by atoms with Gasteiger partial charge in [0, 0.05) is 35.2 Å². The van der Waals surface area contributed by atoms with Gasteiger partial charge in [-0.1, -0.05) is 11.6 Å². The fourth-order valence-electron chi connectivity index (χ4n) is 3.63. The van der Waals surface area contributed by atoms with Crippen LogP contribution < -0.4 is 10.6 Å². The van der Waals surface area contributed by atoms with Crippen molar-refractivity contribution in [3.63, 3.8) is 0 Å². The number of aliphatic hydroxyl groups excluding tert-OH is 1. The van der Waals surface area contributed by atoms with Crippen molar-refractivity contribution in [2.75, 3.05) is 11.9 Å². The maximum atomic E-state index is 14.5. The molecule has 0 aliphatic heterocycles. The predicted octanol–water partition coefficient (Wildman–Crippen LogP) is 4.06. The van der Waals surface area contributed by atoms with Crippen molar-refractivity contribution in [1.82, 2.24) is 20.3 Å². The number of rotatable bonds is 6. The zero-order valence-electron chi connectivity index (χ0n) is 17.5. The van der Waals surface area contributed by atoms with Crippen LogP contribution in [0.3, 0.4) is 0 Å². The first-order chi connectivity index (χ1) is 15.4. The summed E-state index contributed by atoms with van der Waals surface area (Å²) in [5, 5.41) is 15.8. The van der Waals surface area contributed by atoms with Gasteiger partial charge in [-0.2, -0.15) is 0 Å². The van der Waals surface area contributed by atoms with Crippen LogP contribution in [0.4, 0.5) is 15.9 Å². The lowest BCUT2D eigenvalue weighted by atomic mass is 9.96. The van der Waals surface area contributed by atoms with E-state index < -0.39 is 11.9 Å². The third-order valence-corrected chi connectivity index (χ3v) is 5.46. The number of aryl methyl sites for hydroxylation is 1. The molecule has 0 fully saturated rings. The summed E-state index contributed by atoms with van der Waals surface area (Å²) in [4.78, 5) is 25.9. The molecular formula is C23H23ClFN5O2. The number of carbonyl (C=O) groups excluding carboxylic acids is 1. The number of aliphatic hydroxyl groups is 1. The summed E-state index contributed by atoms with van der Waals surface area (Å²) < 4.78 is 14.5. The van der Waals surface area contributed by atoms with Crippen molar-refractivity contribution in [3.8, 4) is 11.4 Å². The highest BCUT2D eigenvalue weighted by Gasteiger charge is 2.22. The van der Waals surface area contributed by atoms with E-state index in [1.54, 1.807) is 19.2 Å². The lowest BCUT2D eigenvalue weighted by Gasteiger charge is -2.21. The van der Waals surface area contributed by atoms with Gasteiger partial charge < -0.3 is 15.7 Å². The first-order valence-electron chi connectivity index (χ1n) is 10.4. The molecule has 2 heterocycles. The lowest BCUT2D eigenvalue weighted by Crippen LogP contribution is -2.31. The number of nitrogens with one attached hydrogen (secondary N) is 2. The molecule has 1 amide bonds. The predicted molar refractivity (Wildman–Crippen MR) is 121 cm³/mol. The fraction of sp³-hybridized carbons (Fsp3) is 0.304. The lowest BCUT2D eigenvalue weighted by molar-refractivity contribution is 0.0924. The standard InChI is InChI=1S/C23H23ClFN5O2/c1-13(31)11-27-23(32)17-12-26-9-8-20(17)29-21-15-4-2-3-5-19(15)28-22(30-21)16-10-14(24)6-7-18(16)25/h6-10,12-13,31H,2-5,11H2,1H3,(H,27,32)(H,26,28,29,30)/t13-/m0/s1. The van der Waals surface area contributed by atoms with Crippen molar-refractivity contribution < 1.29 is 14.3 Å². The Hall–Kier alpha value is -3.10. The molecule has 32 heavy (non-hydrogen) atoms. The molecule has 0 unspecified atom stereocenters. The second-order valence-electron chi connectivity index (χ2n) is 7.76. The van der Waals surface area contributed by atoms with Gasteiger partial charge in [0.1, 0.15) is 11.6 Å². The topological polar surface area (TPSA) is 100 Å². The van der Waals surface area contributed by atoms with Gasteiger partial charge in [-0.05, 0) is 56.9 Å². The van der Waals surface area contributed by atoms with Crippen LogP contribution in [-0.2, 0) is 12.8 Å². The van der Waals surface area contributed by atoms with Crippen LogP contribution >= 0.6 is 11.6 Å². The van der Waals surface area contributed by atoms with Gasteiger partial charge in [0.2, 0.25) is 0 Å². The minimum atomic E-state index is -0.670. The highest BCUT2D eigenvalue weighted by molar-refractivity contribution is 6.30. The Labute approximate surface area is 190 Å². The maximum Gasteiger partial charge on any atom is 0.255 e. The molecule has 1 aliphatic rings. The molecule has 4 rings (SSSR count). The highest BCUT2D eigenvalue weighted by Crippen LogP contribution is 2.32.